The molecule has 0 spiro atoms. The van der Waals surface area contributed by atoms with Crippen molar-refractivity contribution >= 4 is 30.2 Å². The molecule has 2 rings (SSSR count). The van der Waals surface area contributed by atoms with Crippen molar-refractivity contribution in [1.29, 1.82) is 0 Å². The van der Waals surface area contributed by atoms with E-state index in [0.717, 1.165) is 10.5 Å². The molecule has 92 valence electrons. The Balaban J connectivity index is 2.45. The van der Waals surface area contributed by atoms with Gasteiger partial charge in [0.05, 0.1) is 0 Å². The van der Waals surface area contributed by atoms with Crippen molar-refractivity contribution in [2.45, 2.75) is 4.90 Å². The minimum Gasteiger partial charge on any atom is -0.423 e. The summed E-state index contributed by atoms with van der Waals surface area (Å²) in [7, 11) is -1.54. The van der Waals surface area contributed by atoms with Crippen LogP contribution >= 0.6 is 11.8 Å². The second kappa shape index (κ2) is 5.43. The number of aromatic nitrogens is 1. The number of nitrogens with two attached hydrogens (primary N) is 1. The maximum Gasteiger partial charge on any atom is 0.490 e. The number of hydrogen-bond acceptors (Lipinski definition) is 5. The summed E-state index contributed by atoms with van der Waals surface area (Å²) in [5.41, 5.74) is 7.74. The van der Waals surface area contributed by atoms with Gasteiger partial charge in [-0.15, -0.1) is 11.8 Å². The van der Waals surface area contributed by atoms with Crippen LogP contribution in [0.1, 0.15) is 0 Å². The van der Waals surface area contributed by atoms with Crippen LogP contribution in [0.3, 0.4) is 0 Å². The van der Waals surface area contributed by atoms with Gasteiger partial charge in [-0.25, -0.2) is 4.98 Å². The molecule has 0 aliphatic rings. The fourth-order valence-corrected chi connectivity index (χ4v) is 2.04. The van der Waals surface area contributed by atoms with Gasteiger partial charge in [0.15, 0.2) is 0 Å². The van der Waals surface area contributed by atoms with Crippen LogP contribution in [0.4, 0.5) is 5.82 Å². The van der Waals surface area contributed by atoms with E-state index in [4.69, 9.17) is 15.8 Å². The molecule has 0 amide bonds. The first-order valence-electron chi connectivity index (χ1n) is 5.38. The summed E-state index contributed by atoms with van der Waals surface area (Å²) in [4.78, 5) is 5.13. The zero-order chi connectivity index (χ0) is 13.1. The molecule has 18 heavy (non-hydrogen) atoms. The molecule has 1 heterocycles. The van der Waals surface area contributed by atoms with E-state index in [9.17, 15) is 0 Å². The second-order valence-corrected chi connectivity index (χ2v) is 4.68. The van der Waals surface area contributed by atoms with Crippen LogP contribution in [-0.4, -0.2) is 28.4 Å². The van der Waals surface area contributed by atoms with E-state index in [-0.39, 0.29) is 0 Å². The molecule has 1 aromatic heterocycles. The minimum atomic E-state index is -1.54. The lowest BCUT2D eigenvalue weighted by atomic mass is 9.80. The van der Waals surface area contributed by atoms with Crippen molar-refractivity contribution in [2.24, 2.45) is 0 Å². The molecule has 2 aromatic rings. The van der Waals surface area contributed by atoms with Crippen molar-refractivity contribution in [3.05, 3.63) is 36.5 Å². The Morgan fingerprint density at radius 2 is 1.89 bits per heavy atom. The predicted octanol–water partition coefficient (Wildman–Crippen LogP) is 0.732. The fraction of sp³-hybridized carbons (Fsp3) is 0.0833. The van der Waals surface area contributed by atoms with Crippen LogP contribution in [0.15, 0.2) is 41.4 Å². The molecule has 1 aromatic carbocycles. The smallest absolute Gasteiger partial charge is 0.423 e. The predicted molar refractivity (Wildman–Crippen MR) is 75.7 cm³/mol. The van der Waals surface area contributed by atoms with E-state index >= 15 is 0 Å². The standard InChI is InChI=1S/C12H13BN2O2S/c1-18-10-4-2-8(3-5-10)11-6-9(13(16)17)7-15-12(11)14/h2-7,16-17H,1H3,(H2,14,15). The monoisotopic (exact) mass is 260 g/mol. The van der Waals surface area contributed by atoms with E-state index in [2.05, 4.69) is 4.98 Å². The number of pyridine rings is 1. The van der Waals surface area contributed by atoms with Crippen molar-refractivity contribution in [1.82, 2.24) is 4.98 Å². The van der Waals surface area contributed by atoms with Crippen LogP contribution in [0.5, 0.6) is 0 Å². The van der Waals surface area contributed by atoms with Gasteiger partial charge in [-0.3, -0.25) is 0 Å². The third-order valence-corrected chi connectivity index (χ3v) is 3.38. The first-order chi connectivity index (χ1) is 8.61. The Morgan fingerprint density at radius 3 is 2.44 bits per heavy atom. The highest BCUT2D eigenvalue weighted by Gasteiger charge is 2.14. The van der Waals surface area contributed by atoms with E-state index < -0.39 is 7.12 Å². The topological polar surface area (TPSA) is 79.4 Å². The first kappa shape index (κ1) is 12.9. The molecule has 0 saturated carbocycles. The van der Waals surface area contributed by atoms with Crippen molar-refractivity contribution < 1.29 is 10.0 Å². The number of benzene rings is 1. The average Bonchev–Trinajstić information content (AvgIpc) is 2.39. The number of anilines is 1. The van der Waals surface area contributed by atoms with Crippen LogP contribution in [-0.2, 0) is 0 Å². The molecule has 0 radical (unpaired) electrons. The number of thioether (sulfide) groups is 1. The van der Waals surface area contributed by atoms with Crippen molar-refractivity contribution in [3.8, 4) is 11.1 Å². The van der Waals surface area contributed by atoms with Gasteiger partial charge in [0.25, 0.3) is 0 Å². The van der Waals surface area contributed by atoms with Crippen LogP contribution in [0, 0.1) is 0 Å². The van der Waals surface area contributed by atoms with E-state index in [1.807, 2.05) is 30.5 Å². The minimum absolute atomic E-state index is 0.327. The molecular weight excluding hydrogens is 247 g/mol. The lowest BCUT2D eigenvalue weighted by Crippen LogP contribution is -2.30. The third-order valence-electron chi connectivity index (χ3n) is 2.64. The second-order valence-electron chi connectivity index (χ2n) is 3.80. The Kier molecular flexibility index (Phi) is 3.91. The SMILES string of the molecule is CSc1ccc(-c2cc(B(O)O)cnc2N)cc1. The highest BCUT2D eigenvalue weighted by Crippen LogP contribution is 2.25. The van der Waals surface area contributed by atoms with Gasteiger partial charge in [0, 0.05) is 22.1 Å². The molecular formula is C12H13BN2O2S. The van der Waals surface area contributed by atoms with Gasteiger partial charge in [-0.05, 0) is 30.0 Å². The van der Waals surface area contributed by atoms with E-state index in [1.54, 1.807) is 17.8 Å². The Hall–Kier alpha value is -1.50. The van der Waals surface area contributed by atoms with Gasteiger partial charge in [0.2, 0.25) is 0 Å². The van der Waals surface area contributed by atoms with Crippen LogP contribution in [0.2, 0.25) is 0 Å². The molecule has 6 heteroatoms. The summed E-state index contributed by atoms with van der Waals surface area (Å²) in [5, 5.41) is 18.3. The lowest BCUT2D eigenvalue weighted by Gasteiger charge is -2.08. The highest BCUT2D eigenvalue weighted by molar-refractivity contribution is 7.98. The lowest BCUT2D eigenvalue weighted by molar-refractivity contribution is 0.425. The zero-order valence-electron chi connectivity index (χ0n) is 9.87. The molecule has 0 atom stereocenters. The largest absolute Gasteiger partial charge is 0.490 e. The molecule has 4 nitrogen and oxygen atoms in total. The Morgan fingerprint density at radius 1 is 1.22 bits per heavy atom. The molecule has 0 bridgehead atoms. The summed E-state index contributed by atoms with van der Waals surface area (Å²) in [6.45, 7) is 0. The summed E-state index contributed by atoms with van der Waals surface area (Å²) in [5.74, 6) is 0.372. The van der Waals surface area contributed by atoms with E-state index in [1.165, 1.54) is 6.20 Å². The van der Waals surface area contributed by atoms with Crippen molar-refractivity contribution in [3.63, 3.8) is 0 Å². The van der Waals surface area contributed by atoms with Crippen LogP contribution in [0.25, 0.3) is 11.1 Å². The highest BCUT2D eigenvalue weighted by atomic mass is 32.2. The van der Waals surface area contributed by atoms with Gasteiger partial charge in [-0.1, -0.05) is 12.1 Å². The zero-order valence-corrected chi connectivity index (χ0v) is 10.7. The average molecular weight is 260 g/mol. The van der Waals surface area contributed by atoms with E-state index in [0.29, 0.717) is 16.8 Å². The molecule has 0 aliphatic heterocycles. The fourth-order valence-electron chi connectivity index (χ4n) is 1.63. The molecule has 4 N–H and O–H groups in total. The van der Waals surface area contributed by atoms with Gasteiger partial charge in [0.1, 0.15) is 5.82 Å². The Bertz CT molecular complexity index is 546. The summed E-state index contributed by atoms with van der Waals surface area (Å²) in [6, 6.07) is 9.49. The maximum atomic E-state index is 9.14. The van der Waals surface area contributed by atoms with Gasteiger partial charge >= 0.3 is 7.12 Å². The first-order valence-corrected chi connectivity index (χ1v) is 6.60. The number of hydrogen-bond donors (Lipinski definition) is 3. The third kappa shape index (κ3) is 2.67. The summed E-state index contributed by atoms with van der Waals surface area (Å²) < 4.78 is 0. The maximum absolute atomic E-state index is 9.14. The molecule has 0 fully saturated rings. The Labute approximate surface area is 110 Å². The molecule has 0 unspecified atom stereocenters. The number of nitrogens with zero attached hydrogens (tertiary/aromatic N) is 1. The molecule has 0 saturated heterocycles. The number of rotatable bonds is 3. The number of nitrogen functional groups attached to an aromatic ring is 1. The normalized spacial score (nSPS) is 10.4. The summed E-state index contributed by atoms with van der Waals surface area (Å²) in [6.07, 6.45) is 3.37. The quantitative estimate of drug-likeness (QED) is 0.560. The van der Waals surface area contributed by atoms with Gasteiger partial charge in [-0.2, -0.15) is 0 Å². The van der Waals surface area contributed by atoms with Crippen LogP contribution < -0.4 is 11.2 Å². The van der Waals surface area contributed by atoms with Gasteiger partial charge < -0.3 is 15.8 Å². The van der Waals surface area contributed by atoms with Crippen molar-refractivity contribution in [2.75, 3.05) is 12.0 Å². The summed E-state index contributed by atoms with van der Waals surface area (Å²) >= 11 is 1.66. The molecule has 0 aliphatic carbocycles.